The molecule has 2 aromatic carbocycles. The van der Waals surface area contributed by atoms with Crippen molar-refractivity contribution in [1.82, 2.24) is 10.6 Å². The minimum atomic E-state index is -0.336. The van der Waals surface area contributed by atoms with E-state index in [4.69, 9.17) is 9.47 Å². The molecule has 0 radical (unpaired) electrons. The van der Waals surface area contributed by atoms with Crippen LogP contribution in [0.2, 0.25) is 0 Å². The molecule has 24 heavy (non-hydrogen) atoms. The molecule has 0 saturated heterocycles. The predicted octanol–water partition coefficient (Wildman–Crippen LogP) is 3.10. The predicted molar refractivity (Wildman–Crippen MR) is 89.7 cm³/mol. The summed E-state index contributed by atoms with van der Waals surface area (Å²) in [5, 5.41) is 5.28. The topological polar surface area (TPSA) is 59.6 Å². The summed E-state index contributed by atoms with van der Waals surface area (Å²) in [5.41, 5.74) is 0.834. The van der Waals surface area contributed by atoms with E-state index >= 15 is 0 Å². The first-order valence-electron chi connectivity index (χ1n) is 7.79. The number of ether oxygens (including phenoxy) is 2. The summed E-state index contributed by atoms with van der Waals surface area (Å²) >= 11 is 0. The van der Waals surface area contributed by atoms with Crippen molar-refractivity contribution in [1.29, 1.82) is 0 Å². The van der Waals surface area contributed by atoms with Crippen molar-refractivity contribution in [2.24, 2.45) is 0 Å². The van der Waals surface area contributed by atoms with Crippen LogP contribution in [-0.4, -0.2) is 25.9 Å². The SMILES string of the molecule is CCOc1ccc(OCNC(=O)NCCc2cccc(F)c2)cc1. The first kappa shape index (κ1) is 17.6. The number of hydrogen-bond acceptors (Lipinski definition) is 3. The summed E-state index contributed by atoms with van der Waals surface area (Å²) in [6.45, 7) is 3.00. The normalized spacial score (nSPS) is 10.1. The van der Waals surface area contributed by atoms with Crippen LogP contribution >= 0.6 is 0 Å². The van der Waals surface area contributed by atoms with Crippen molar-refractivity contribution >= 4 is 6.03 Å². The van der Waals surface area contributed by atoms with Gasteiger partial charge in [0.15, 0.2) is 6.73 Å². The summed E-state index contributed by atoms with van der Waals surface area (Å²) in [7, 11) is 0. The lowest BCUT2D eigenvalue weighted by Gasteiger charge is -2.10. The van der Waals surface area contributed by atoms with E-state index in [9.17, 15) is 9.18 Å². The highest BCUT2D eigenvalue weighted by molar-refractivity contribution is 5.73. The lowest BCUT2D eigenvalue weighted by molar-refractivity contribution is 0.224. The van der Waals surface area contributed by atoms with E-state index in [1.54, 1.807) is 30.3 Å². The first-order chi connectivity index (χ1) is 11.7. The molecule has 0 saturated carbocycles. The monoisotopic (exact) mass is 332 g/mol. The second-order valence-electron chi connectivity index (χ2n) is 5.01. The molecule has 2 aromatic rings. The zero-order valence-electron chi connectivity index (χ0n) is 13.5. The first-order valence-corrected chi connectivity index (χ1v) is 7.79. The fourth-order valence-electron chi connectivity index (χ4n) is 2.06. The molecule has 0 unspecified atom stereocenters. The fraction of sp³-hybridized carbons (Fsp3) is 0.278. The minimum absolute atomic E-state index is 0.0553. The van der Waals surface area contributed by atoms with Crippen LogP contribution in [-0.2, 0) is 6.42 Å². The van der Waals surface area contributed by atoms with Crippen molar-refractivity contribution in [2.45, 2.75) is 13.3 Å². The highest BCUT2D eigenvalue weighted by Gasteiger charge is 2.01. The lowest BCUT2D eigenvalue weighted by Crippen LogP contribution is -2.38. The highest BCUT2D eigenvalue weighted by atomic mass is 19.1. The zero-order valence-corrected chi connectivity index (χ0v) is 13.5. The van der Waals surface area contributed by atoms with Crippen molar-refractivity contribution in [3.63, 3.8) is 0 Å². The third kappa shape index (κ3) is 6.16. The van der Waals surface area contributed by atoms with Gasteiger partial charge in [0.2, 0.25) is 0 Å². The molecule has 5 nitrogen and oxygen atoms in total. The minimum Gasteiger partial charge on any atom is -0.494 e. The second-order valence-corrected chi connectivity index (χ2v) is 5.01. The molecule has 0 aliphatic heterocycles. The largest absolute Gasteiger partial charge is 0.494 e. The van der Waals surface area contributed by atoms with Crippen LogP contribution in [0.25, 0.3) is 0 Å². The average Bonchev–Trinajstić information content (AvgIpc) is 2.57. The van der Waals surface area contributed by atoms with Crippen LogP contribution in [0.4, 0.5) is 9.18 Å². The number of nitrogens with one attached hydrogen (secondary N) is 2. The molecule has 0 aliphatic rings. The van der Waals surface area contributed by atoms with Crippen LogP contribution in [0.15, 0.2) is 48.5 Å². The Kier molecular flexibility index (Phi) is 6.89. The smallest absolute Gasteiger partial charge is 0.317 e. The number of carbonyl (C=O) groups is 1. The van der Waals surface area contributed by atoms with Gasteiger partial charge in [0.25, 0.3) is 0 Å². The lowest BCUT2D eigenvalue weighted by atomic mass is 10.1. The van der Waals surface area contributed by atoms with Crippen LogP contribution < -0.4 is 20.1 Å². The molecule has 2 N–H and O–H groups in total. The Morgan fingerprint density at radius 3 is 2.42 bits per heavy atom. The molecular formula is C18H21FN2O3. The Morgan fingerprint density at radius 2 is 1.75 bits per heavy atom. The average molecular weight is 332 g/mol. The van der Waals surface area contributed by atoms with Crippen LogP contribution in [0, 0.1) is 5.82 Å². The van der Waals surface area contributed by atoms with Crippen LogP contribution in [0.1, 0.15) is 12.5 Å². The van der Waals surface area contributed by atoms with Gasteiger partial charge in [-0.05, 0) is 55.3 Å². The van der Waals surface area contributed by atoms with E-state index in [2.05, 4.69) is 10.6 Å². The Bertz CT molecular complexity index is 647. The summed E-state index contributed by atoms with van der Waals surface area (Å²) < 4.78 is 23.8. The van der Waals surface area contributed by atoms with E-state index in [1.807, 2.05) is 13.0 Å². The van der Waals surface area contributed by atoms with E-state index in [0.717, 1.165) is 11.3 Å². The van der Waals surface area contributed by atoms with Gasteiger partial charge >= 0.3 is 6.03 Å². The number of rotatable bonds is 8. The summed E-state index contributed by atoms with van der Waals surface area (Å²) in [6, 6.07) is 13.1. The van der Waals surface area contributed by atoms with E-state index < -0.39 is 0 Å². The van der Waals surface area contributed by atoms with Crippen LogP contribution in [0.5, 0.6) is 11.5 Å². The number of carbonyl (C=O) groups excluding carboxylic acids is 1. The third-order valence-electron chi connectivity index (χ3n) is 3.19. The molecule has 0 heterocycles. The maximum Gasteiger partial charge on any atom is 0.317 e. The number of halogens is 1. The molecule has 2 rings (SSSR count). The van der Waals surface area contributed by atoms with Gasteiger partial charge in [-0.3, -0.25) is 0 Å². The maximum atomic E-state index is 13.0. The molecule has 0 fully saturated rings. The van der Waals surface area contributed by atoms with Gasteiger partial charge in [-0.1, -0.05) is 12.1 Å². The van der Waals surface area contributed by atoms with Gasteiger partial charge < -0.3 is 20.1 Å². The summed E-state index contributed by atoms with van der Waals surface area (Å²) in [5.74, 6) is 1.13. The highest BCUT2D eigenvalue weighted by Crippen LogP contribution is 2.17. The summed E-state index contributed by atoms with van der Waals surface area (Å²) in [4.78, 5) is 11.6. The standard InChI is InChI=1S/C18H21FN2O3/c1-2-23-16-6-8-17(9-7-16)24-13-21-18(22)20-11-10-14-4-3-5-15(19)12-14/h3-9,12H,2,10-11,13H2,1H3,(H2,20,21,22). The Balaban J connectivity index is 1.62. The quantitative estimate of drug-likeness (QED) is 0.730. The molecule has 0 aromatic heterocycles. The summed E-state index contributed by atoms with van der Waals surface area (Å²) in [6.07, 6.45) is 0.560. The second kappa shape index (κ2) is 9.39. The number of amides is 2. The maximum absolute atomic E-state index is 13.0. The number of benzene rings is 2. The van der Waals surface area contributed by atoms with Gasteiger partial charge in [0, 0.05) is 6.54 Å². The molecular weight excluding hydrogens is 311 g/mol. The molecule has 0 aliphatic carbocycles. The van der Waals surface area contributed by atoms with E-state index in [-0.39, 0.29) is 18.6 Å². The van der Waals surface area contributed by atoms with Crippen molar-refractivity contribution in [2.75, 3.05) is 19.9 Å². The van der Waals surface area contributed by atoms with Gasteiger partial charge in [0.1, 0.15) is 17.3 Å². The molecule has 0 atom stereocenters. The Morgan fingerprint density at radius 1 is 1.04 bits per heavy atom. The van der Waals surface area contributed by atoms with Gasteiger partial charge in [-0.2, -0.15) is 0 Å². The third-order valence-corrected chi connectivity index (χ3v) is 3.19. The Labute approximate surface area is 140 Å². The Hall–Kier alpha value is -2.76. The van der Waals surface area contributed by atoms with E-state index in [0.29, 0.717) is 25.3 Å². The molecule has 0 spiro atoms. The zero-order chi connectivity index (χ0) is 17.2. The molecule has 2 amide bonds. The van der Waals surface area contributed by atoms with Gasteiger partial charge in [-0.25, -0.2) is 9.18 Å². The molecule has 128 valence electrons. The fourth-order valence-corrected chi connectivity index (χ4v) is 2.06. The number of urea groups is 1. The molecule has 0 bridgehead atoms. The van der Waals surface area contributed by atoms with Crippen molar-refractivity contribution in [3.05, 3.63) is 59.9 Å². The van der Waals surface area contributed by atoms with E-state index in [1.165, 1.54) is 12.1 Å². The van der Waals surface area contributed by atoms with Gasteiger partial charge in [-0.15, -0.1) is 0 Å². The molecule has 6 heteroatoms. The van der Waals surface area contributed by atoms with Crippen LogP contribution in [0.3, 0.4) is 0 Å². The van der Waals surface area contributed by atoms with Gasteiger partial charge in [0.05, 0.1) is 6.61 Å². The van der Waals surface area contributed by atoms with Crippen molar-refractivity contribution in [3.8, 4) is 11.5 Å². The number of hydrogen-bond donors (Lipinski definition) is 2. The van der Waals surface area contributed by atoms with Crippen molar-refractivity contribution < 1.29 is 18.7 Å².